The summed E-state index contributed by atoms with van der Waals surface area (Å²) < 4.78 is 3.08. The Balaban J connectivity index is 2.27. The number of halogens is 1. The van der Waals surface area contributed by atoms with E-state index in [0.29, 0.717) is 11.7 Å². The molecule has 0 saturated heterocycles. The molecule has 19 heavy (non-hydrogen) atoms. The maximum Gasteiger partial charge on any atom is 0.158 e. The lowest BCUT2D eigenvalue weighted by molar-refractivity contribution is 0.261. The van der Waals surface area contributed by atoms with Crippen LogP contribution < -0.4 is 0 Å². The van der Waals surface area contributed by atoms with Crippen LogP contribution in [0.25, 0.3) is 0 Å². The minimum atomic E-state index is -0.0712. The zero-order chi connectivity index (χ0) is 13.8. The first-order valence-corrected chi connectivity index (χ1v) is 7.15. The van der Waals surface area contributed by atoms with Crippen LogP contribution in [0.15, 0.2) is 28.7 Å². The van der Waals surface area contributed by atoms with Crippen LogP contribution in [0.3, 0.4) is 0 Å². The third kappa shape index (κ3) is 3.64. The highest BCUT2D eigenvalue weighted by Crippen LogP contribution is 2.16. The Bertz CT molecular complexity index is 551. The van der Waals surface area contributed by atoms with Crippen LogP contribution in [0.5, 0.6) is 0 Å². The summed E-state index contributed by atoms with van der Waals surface area (Å²) >= 11 is 3.47. The molecule has 0 spiro atoms. The first kappa shape index (κ1) is 14.2. The van der Waals surface area contributed by atoms with Crippen LogP contribution in [-0.4, -0.2) is 19.9 Å². The fraction of sp³-hybridized carbons (Fsp3) is 0.429. The minimum absolute atomic E-state index is 0.0712. The maximum absolute atomic E-state index is 9.32. The Labute approximate surface area is 121 Å². The van der Waals surface area contributed by atoms with E-state index in [2.05, 4.69) is 52.1 Å². The molecule has 102 valence electrons. The van der Waals surface area contributed by atoms with Gasteiger partial charge in [-0.3, -0.25) is 0 Å². The molecule has 0 atom stereocenters. The summed E-state index contributed by atoms with van der Waals surface area (Å²) in [7, 11) is 0. The minimum Gasteiger partial charge on any atom is -0.388 e. The van der Waals surface area contributed by atoms with E-state index in [4.69, 9.17) is 0 Å². The molecule has 0 aliphatic rings. The molecule has 4 nitrogen and oxygen atoms in total. The zero-order valence-corrected chi connectivity index (χ0v) is 12.8. The van der Waals surface area contributed by atoms with Crippen molar-refractivity contribution in [2.24, 2.45) is 5.92 Å². The molecule has 0 bridgehead atoms. The summed E-state index contributed by atoms with van der Waals surface area (Å²) in [5.74, 6) is 2.03. The van der Waals surface area contributed by atoms with Crippen LogP contribution in [0.1, 0.15) is 31.1 Å². The van der Waals surface area contributed by atoms with E-state index >= 15 is 0 Å². The SMILES string of the molecule is CC(C)Cn1c(CO)nnc1Cc1cccc(Br)c1. The molecule has 0 fully saturated rings. The van der Waals surface area contributed by atoms with Gasteiger partial charge in [0.2, 0.25) is 0 Å². The number of aromatic nitrogens is 3. The largest absolute Gasteiger partial charge is 0.388 e. The number of hydrogen-bond donors (Lipinski definition) is 1. The monoisotopic (exact) mass is 323 g/mol. The van der Waals surface area contributed by atoms with Crippen LogP contribution in [0, 0.1) is 5.92 Å². The van der Waals surface area contributed by atoms with Gasteiger partial charge >= 0.3 is 0 Å². The van der Waals surface area contributed by atoms with Crippen LogP contribution in [0.4, 0.5) is 0 Å². The topological polar surface area (TPSA) is 50.9 Å². The lowest BCUT2D eigenvalue weighted by Crippen LogP contribution is -2.12. The molecular weight excluding hydrogens is 306 g/mol. The molecule has 0 saturated carbocycles. The lowest BCUT2D eigenvalue weighted by Gasteiger charge is -2.12. The molecule has 0 amide bonds. The normalized spacial score (nSPS) is 11.2. The zero-order valence-electron chi connectivity index (χ0n) is 11.2. The van der Waals surface area contributed by atoms with Crippen LogP contribution in [0.2, 0.25) is 0 Å². The summed E-state index contributed by atoms with van der Waals surface area (Å²) in [5, 5.41) is 17.6. The summed E-state index contributed by atoms with van der Waals surface area (Å²) in [6, 6.07) is 8.15. The molecule has 1 heterocycles. The number of nitrogens with zero attached hydrogens (tertiary/aromatic N) is 3. The maximum atomic E-state index is 9.32. The van der Waals surface area contributed by atoms with Gasteiger partial charge in [0, 0.05) is 17.4 Å². The first-order chi connectivity index (χ1) is 9.10. The van der Waals surface area contributed by atoms with Gasteiger partial charge in [-0.25, -0.2) is 0 Å². The van der Waals surface area contributed by atoms with Crippen molar-refractivity contribution >= 4 is 15.9 Å². The quantitative estimate of drug-likeness (QED) is 0.920. The van der Waals surface area contributed by atoms with E-state index in [1.807, 2.05) is 16.7 Å². The van der Waals surface area contributed by atoms with E-state index in [-0.39, 0.29) is 6.61 Å². The molecule has 2 aromatic rings. The molecular formula is C14H18BrN3O. The molecule has 0 radical (unpaired) electrons. The van der Waals surface area contributed by atoms with Gasteiger partial charge in [0.05, 0.1) is 0 Å². The Kier molecular flexibility index (Phi) is 4.71. The summed E-state index contributed by atoms with van der Waals surface area (Å²) in [6.07, 6.45) is 0.721. The third-order valence-electron chi connectivity index (χ3n) is 2.84. The van der Waals surface area contributed by atoms with Crippen molar-refractivity contribution in [2.45, 2.75) is 33.4 Å². The van der Waals surface area contributed by atoms with E-state index < -0.39 is 0 Å². The van der Waals surface area contributed by atoms with Crippen molar-refractivity contribution in [3.8, 4) is 0 Å². The fourth-order valence-electron chi connectivity index (χ4n) is 2.03. The van der Waals surface area contributed by atoms with Crippen LogP contribution >= 0.6 is 15.9 Å². The summed E-state index contributed by atoms with van der Waals surface area (Å²) in [4.78, 5) is 0. The highest BCUT2D eigenvalue weighted by atomic mass is 79.9. The van der Waals surface area contributed by atoms with Crippen molar-refractivity contribution < 1.29 is 5.11 Å². The average Bonchev–Trinajstić information content (AvgIpc) is 2.71. The van der Waals surface area contributed by atoms with Gasteiger partial charge in [0.1, 0.15) is 12.4 Å². The van der Waals surface area contributed by atoms with E-state index in [1.54, 1.807) is 0 Å². The van der Waals surface area contributed by atoms with Crippen molar-refractivity contribution in [3.63, 3.8) is 0 Å². The Hall–Kier alpha value is -1.20. The second kappa shape index (κ2) is 6.30. The number of aliphatic hydroxyl groups is 1. The second-order valence-corrected chi connectivity index (χ2v) is 5.92. The molecule has 2 rings (SSSR count). The second-order valence-electron chi connectivity index (χ2n) is 5.00. The van der Waals surface area contributed by atoms with Crippen molar-refractivity contribution in [3.05, 3.63) is 46.0 Å². The van der Waals surface area contributed by atoms with E-state index in [1.165, 1.54) is 5.56 Å². The Morgan fingerprint density at radius 2 is 2.00 bits per heavy atom. The standard InChI is InChI=1S/C14H18BrN3O/c1-10(2)8-18-13(16-17-14(18)9-19)7-11-4-3-5-12(15)6-11/h3-6,10,19H,7-9H2,1-2H3. The molecule has 5 heteroatoms. The van der Waals surface area contributed by atoms with Crippen LogP contribution in [-0.2, 0) is 19.6 Å². The van der Waals surface area contributed by atoms with Gasteiger partial charge < -0.3 is 9.67 Å². The Morgan fingerprint density at radius 1 is 1.26 bits per heavy atom. The fourth-order valence-corrected chi connectivity index (χ4v) is 2.47. The highest BCUT2D eigenvalue weighted by molar-refractivity contribution is 9.10. The summed E-state index contributed by atoms with van der Waals surface area (Å²) in [5.41, 5.74) is 1.18. The van der Waals surface area contributed by atoms with Gasteiger partial charge in [-0.05, 0) is 23.6 Å². The van der Waals surface area contributed by atoms with Gasteiger partial charge in [-0.15, -0.1) is 10.2 Å². The summed E-state index contributed by atoms with van der Waals surface area (Å²) in [6.45, 7) is 5.04. The predicted molar refractivity (Wildman–Crippen MR) is 77.7 cm³/mol. The van der Waals surface area contributed by atoms with Gasteiger partial charge in [0.25, 0.3) is 0 Å². The average molecular weight is 324 g/mol. The first-order valence-electron chi connectivity index (χ1n) is 6.36. The molecule has 0 unspecified atom stereocenters. The molecule has 1 aromatic heterocycles. The van der Waals surface area contributed by atoms with Gasteiger partial charge in [-0.2, -0.15) is 0 Å². The number of benzene rings is 1. The third-order valence-corrected chi connectivity index (χ3v) is 3.34. The number of rotatable bonds is 5. The van der Waals surface area contributed by atoms with Gasteiger partial charge in [-0.1, -0.05) is 41.9 Å². The van der Waals surface area contributed by atoms with E-state index in [0.717, 1.165) is 23.3 Å². The van der Waals surface area contributed by atoms with Crippen molar-refractivity contribution in [2.75, 3.05) is 0 Å². The number of hydrogen-bond acceptors (Lipinski definition) is 3. The highest BCUT2D eigenvalue weighted by Gasteiger charge is 2.13. The molecule has 1 N–H and O–H groups in total. The molecule has 0 aliphatic heterocycles. The van der Waals surface area contributed by atoms with Gasteiger partial charge in [0.15, 0.2) is 5.82 Å². The van der Waals surface area contributed by atoms with E-state index in [9.17, 15) is 5.11 Å². The lowest BCUT2D eigenvalue weighted by atomic mass is 10.1. The smallest absolute Gasteiger partial charge is 0.158 e. The molecule has 1 aromatic carbocycles. The van der Waals surface area contributed by atoms with Crippen molar-refractivity contribution in [1.29, 1.82) is 0 Å². The molecule has 0 aliphatic carbocycles. The predicted octanol–water partition coefficient (Wildman–Crippen LogP) is 2.78. The van der Waals surface area contributed by atoms with Crippen molar-refractivity contribution in [1.82, 2.24) is 14.8 Å². The number of aliphatic hydroxyl groups excluding tert-OH is 1. The Morgan fingerprint density at radius 3 is 2.63 bits per heavy atom.